The van der Waals surface area contributed by atoms with Gasteiger partial charge in [-0.05, 0) is 60.1 Å². The van der Waals surface area contributed by atoms with E-state index >= 15 is 0 Å². The maximum absolute atomic E-state index is 7.68. The summed E-state index contributed by atoms with van der Waals surface area (Å²) in [6.07, 6.45) is 7.64. The van der Waals surface area contributed by atoms with Crippen molar-refractivity contribution in [3.63, 3.8) is 0 Å². The highest BCUT2D eigenvalue weighted by Crippen LogP contribution is 2.26. The van der Waals surface area contributed by atoms with Gasteiger partial charge in [0, 0.05) is 22.4 Å². The molecule has 29 heavy (non-hydrogen) atoms. The summed E-state index contributed by atoms with van der Waals surface area (Å²) in [5, 5.41) is 18.6. The highest BCUT2D eigenvalue weighted by molar-refractivity contribution is 6.03. The first-order valence-corrected chi connectivity index (χ1v) is 9.27. The highest BCUT2D eigenvalue weighted by Gasteiger charge is 2.18. The summed E-state index contributed by atoms with van der Waals surface area (Å²) in [7, 11) is 0. The summed E-state index contributed by atoms with van der Waals surface area (Å²) in [6.45, 7) is 2.02. The minimum Gasteiger partial charge on any atom is -0.384 e. The Morgan fingerprint density at radius 3 is 2.48 bits per heavy atom. The van der Waals surface area contributed by atoms with Gasteiger partial charge >= 0.3 is 0 Å². The summed E-state index contributed by atoms with van der Waals surface area (Å²) in [6, 6.07) is 13.8. The van der Waals surface area contributed by atoms with E-state index in [1.807, 2.05) is 61.6 Å². The molecule has 1 heterocycles. The van der Waals surface area contributed by atoms with Gasteiger partial charge in [0.15, 0.2) is 0 Å². The Kier molecular flexibility index (Phi) is 4.60. The number of aliphatic imine (C=N–C) groups is 1. The molecule has 1 atom stereocenters. The SMILES string of the molecule is Cc1cc(C(=N)N)ccc1-c1cccc(C2=NC3C=C(C=CC(C(=N)N)=C3)N2)c1. The van der Waals surface area contributed by atoms with E-state index in [9.17, 15) is 0 Å². The summed E-state index contributed by atoms with van der Waals surface area (Å²) in [5.74, 6) is 0.875. The maximum atomic E-state index is 7.68. The number of benzene rings is 2. The topological polar surface area (TPSA) is 124 Å². The number of amidine groups is 3. The number of aryl methyl sites for hydroxylation is 1. The van der Waals surface area contributed by atoms with Crippen LogP contribution < -0.4 is 16.8 Å². The zero-order valence-electron chi connectivity index (χ0n) is 16.0. The molecule has 4 rings (SSSR count). The third-order valence-electron chi connectivity index (χ3n) is 4.98. The Balaban J connectivity index is 1.69. The van der Waals surface area contributed by atoms with Gasteiger partial charge in [-0.2, -0.15) is 0 Å². The van der Waals surface area contributed by atoms with E-state index in [-0.39, 0.29) is 17.7 Å². The normalized spacial score (nSPS) is 17.4. The lowest BCUT2D eigenvalue weighted by molar-refractivity contribution is 0.941. The zero-order chi connectivity index (χ0) is 20.5. The Hall–Kier alpha value is -3.93. The number of fused-ring (bicyclic) bond motifs is 1. The second-order valence-electron chi connectivity index (χ2n) is 7.11. The Labute approximate surface area is 169 Å². The largest absolute Gasteiger partial charge is 0.384 e. The first kappa shape index (κ1) is 18.4. The van der Waals surface area contributed by atoms with E-state index in [1.54, 1.807) is 0 Å². The number of nitrogen functional groups attached to an aromatic ring is 1. The van der Waals surface area contributed by atoms with Crippen LogP contribution in [0.3, 0.4) is 0 Å². The second kappa shape index (κ2) is 7.24. The van der Waals surface area contributed by atoms with Crippen LogP contribution in [-0.4, -0.2) is 23.5 Å². The van der Waals surface area contributed by atoms with Crippen molar-refractivity contribution in [2.75, 3.05) is 0 Å². The number of nitrogens with one attached hydrogen (secondary N) is 3. The predicted octanol–water partition coefficient (Wildman–Crippen LogP) is 2.98. The monoisotopic (exact) mass is 382 g/mol. The van der Waals surface area contributed by atoms with Crippen LogP contribution in [0, 0.1) is 17.7 Å². The number of hydrogen-bond donors (Lipinski definition) is 5. The van der Waals surface area contributed by atoms with E-state index in [1.165, 1.54) is 0 Å². The van der Waals surface area contributed by atoms with Crippen LogP contribution in [0.4, 0.5) is 0 Å². The standard InChI is InChI=1S/C23H22N6/c1-13-9-15(21(24)25)6-8-20(13)14-3-2-4-17(10-14)23-28-18-7-5-16(22(26)27)11-19(12-18)29-23/h2-12,19H,1H3,(H3,24,25)(H3,26,27)(H,28,29). The number of rotatable bonds is 4. The molecule has 2 aromatic carbocycles. The molecule has 0 saturated heterocycles. The fraction of sp³-hybridized carbons (Fsp3) is 0.0870. The molecule has 7 N–H and O–H groups in total. The molecule has 144 valence electrons. The fourth-order valence-electron chi connectivity index (χ4n) is 3.50. The fourth-order valence-corrected chi connectivity index (χ4v) is 3.50. The van der Waals surface area contributed by atoms with Gasteiger partial charge in [-0.25, -0.2) is 0 Å². The molecular weight excluding hydrogens is 360 g/mol. The summed E-state index contributed by atoms with van der Waals surface area (Å²) >= 11 is 0. The minimum atomic E-state index is -0.171. The van der Waals surface area contributed by atoms with Crippen LogP contribution in [0.25, 0.3) is 11.1 Å². The van der Waals surface area contributed by atoms with E-state index < -0.39 is 0 Å². The van der Waals surface area contributed by atoms with Gasteiger partial charge in [-0.1, -0.05) is 30.3 Å². The Morgan fingerprint density at radius 1 is 0.966 bits per heavy atom. The molecule has 0 amide bonds. The lowest BCUT2D eigenvalue weighted by atomic mass is 9.96. The second-order valence-corrected chi connectivity index (χ2v) is 7.11. The molecule has 1 unspecified atom stereocenters. The van der Waals surface area contributed by atoms with Gasteiger partial charge in [-0.3, -0.25) is 15.8 Å². The molecule has 2 aliphatic rings. The Morgan fingerprint density at radius 2 is 1.76 bits per heavy atom. The highest BCUT2D eigenvalue weighted by atomic mass is 15.0. The molecule has 0 fully saturated rings. The molecule has 2 aromatic rings. The number of nitrogens with two attached hydrogens (primary N) is 2. The van der Waals surface area contributed by atoms with Crippen molar-refractivity contribution in [3.8, 4) is 11.1 Å². The average Bonchev–Trinajstić information content (AvgIpc) is 2.85. The van der Waals surface area contributed by atoms with Crippen molar-refractivity contribution in [1.29, 1.82) is 10.8 Å². The molecule has 1 aliphatic carbocycles. The third-order valence-corrected chi connectivity index (χ3v) is 4.98. The Bertz CT molecular complexity index is 1150. The third kappa shape index (κ3) is 3.73. The van der Waals surface area contributed by atoms with Crippen LogP contribution in [0.2, 0.25) is 0 Å². The summed E-state index contributed by atoms with van der Waals surface area (Å²) < 4.78 is 0. The molecule has 0 saturated carbocycles. The van der Waals surface area contributed by atoms with Gasteiger partial charge in [0.05, 0.1) is 6.04 Å². The lowest BCUT2D eigenvalue weighted by Gasteiger charge is -2.19. The van der Waals surface area contributed by atoms with Crippen LogP contribution >= 0.6 is 0 Å². The number of allylic oxidation sites excluding steroid dienone is 1. The predicted molar refractivity (Wildman–Crippen MR) is 118 cm³/mol. The van der Waals surface area contributed by atoms with Gasteiger partial charge in [0.25, 0.3) is 0 Å². The van der Waals surface area contributed by atoms with Crippen LogP contribution in [-0.2, 0) is 0 Å². The molecule has 0 aromatic heterocycles. The van der Waals surface area contributed by atoms with E-state index in [0.717, 1.165) is 39.3 Å². The van der Waals surface area contributed by atoms with Crippen molar-refractivity contribution >= 4 is 17.5 Å². The van der Waals surface area contributed by atoms with Gasteiger partial charge < -0.3 is 16.8 Å². The van der Waals surface area contributed by atoms with Crippen LogP contribution in [0.15, 0.2) is 83.0 Å². The molecule has 2 bridgehead atoms. The van der Waals surface area contributed by atoms with Crippen molar-refractivity contribution in [1.82, 2.24) is 5.32 Å². The molecular formula is C23H22N6. The minimum absolute atomic E-state index is 0.0334. The lowest BCUT2D eigenvalue weighted by Crippen LogP contribution is -2.29. The molecule has 6 heteroatoms. The first-order chi connectivity index (χ1) is 13.9. The van der Waals surface area contributed by atoms with Gasteiger partial charge in [0.1, 0.15) is 17.5 Å². The van der Waals surface area contributed by atoms with Crippen LogP contribution in [0.5, 0.6) is 0 Å². The van der Waals surface area contributed by atoms with Crippen LogP contribution in [0.1, 0.15) is 16.7 Å². The molecule has 6 nitrogen and oxygen atoms in total. The van der Waals surface area contributed by atoms with Gasteiger partial charge in [-0.15, -0.1) is 0 Å². The summed E-state index contributed by atoms with van der Waals surface area (Å²) in [5.41, 5.74) is 17.7. The molecule has 1 aliphatic heterocycles. The average molecular weight is 382 g/mol. The van der Waals surface area contributed by atoms with E-state index in [2.05, 4.69) is 17.4 Å². The van der Waals surface area contributed by atoms with E-state index in [0.29, 0.717) is 5.57 Å². The quantitative estimate of drug-likeness (QED) is 0.412. The number of nitrogens with zero attached hydrogens (tertiary/aromatic N) is 1. The van der Waals surface area contributed by atoms with Crippen molar-refractivity contribution < 1.29 is 0 Å². The van der Waals surface area contributed by atoms with Crippen molar-refractivity contribution in [2.45, 2.75) is 13.0 Å². The molecule has 0 radical (unpaired) electrons. The summed E-state index contributed by atoms with van der Waals surface area (Å²) in [4.78, 5) is 4.78. The van der Waals surface area contributed by atoms with Crippen molar-refractivity contribution in [3.05, 3.63) is 94.7 Å². The van der Waals surface area contributed by atoms with E-state index in [4.69, 9.17) is 27.3 Å². The first-order valence-electron chi connectivity index (χ1n) is 9.27. The number of hydrogen-bond acceptors (Lipinski definition) is 4. The van der Waals surface area contributed by atoms with Crippen molar-refractivity contribution in [2.24, 2.45) is 16.5 Å². The maximum Gasteiger partial charge on any atom is 0.133 e. The molecule has 0 spiro atoms. The van der Waals surface area contributed by atoms with Gasteiger partial charge in [0.2, 0.25) is 0 Å². The smallest absolute Gasteiger partial charge is 0.133 e. The zero-order valence-corrected chi connectivity index (χ0v) is 16.0.